The highest BCUT2D eigenvalue weighted by atomic mass is 19.4. The van der Waals surface area contributed by atoms with Crippen LogP contribution in [0.15, 0.2) is 42.5 Å². The third-order valence-electron chi connectivity index (χ3n) is 3.50. The van der Waals surface area contributed by atoms with Gasteiger partial charge in [-0.1, -0.05) is 12.1 Å². The summed E-state index contributed by atoms with van der Waals surface area (Å²) < 4.78 is 56.1. The van der Waals surface area contributed by atoms with Crippen LogP contribution in [0.1, 0.15) is 21.5 Å². The second-order valence-electron chi connectivity index (χ2n) is 5.57. The molecule has 0 bridgehead atoms. The number of benzene rings is 2. The van der Waals surface area contributed by atoms with E-state index < -0.39 is 29.3 Å². The van der Waals surface area contributed by atoms with Gasteiger partial charge in [0.1, 0.15) is 12.4 Å². The summed E-state index contributed by atoms with van der Waals surface area (Å²) in [4.78, 5) is 22.6. The predicted molar refractivity (Wildman–Crippen MR) is 88.0 cm³/mol. The van der Waals surface area contributed by atoms with Crippen LogP contribution in [-0.4, -0.2) is 30.0 Å². The lowest BCUT2D eigenvalue weighted by Gasteiger charge is -2.10. The number of carboxylic acid groups (broad SMARTS) is 1. The van der Waals surface area contributed by atoms with Gasteiger partial charge in [-0.05, 0) is 30.3 Å². The Morgan fingerprint density at radius 1 is 1.11 bits per heavy atom. The quantitative estimate of drug-likeness (QED) is 0.677. The number of carbonyl (C=O) groups is 2. The van der Waals surface area contributed by atoms with Gasteiger partial charge >= 0.3 is 12.1 Å². The molecule has 0 heterocycles. The molecule has 0 atom stereocenters. The van der Waals surface area contributed by atoms with Crippen molar-refractivity contribution in [3.05, 3.63) is 65.0 Å². The van der Waals surface area contributed by atoms with E-state index in [1.54, 1.807) is 6.07 Å². The highest BCUT2D eigenvalue weighted by Gasteiger charge is 2.31. The number of carbonyl (C=O) groups excluding carboxylic acids is 1. The largest absolute Gasteiger partial charge is 0.478 e. The number of Topliss-reactive ketones (excluding diaryl/α,β-unsaturated/α-hetero) is 1. The summed E-state index contributed by atoms with van der Waals surface area (Å²) in [5, 5.41) is 11.6. The van der Waals surface area contributed by atoms with Crippen molar-refractivity contribution in [2.75, 3.05) is 18.5 Å². The topological polar surface area (TPSA) is 75.6 Å². The van der Waals surface area contributed by atoms with Crippen molar-refractivity contribution < 1.29 is 37.0 Å². The maximum Gasteiger partial charge on any atom is 0.416 e. The zero-order chi connectivity index (χ0) is 20.0. The number of alkyl halides is 3. The minimum Gasteiger partial charge on any atom is -0.478 e. The number of ether oxygens (including phenoxy) is 1. The van der Waals surface area contributed by atoms with Gasteiger partial charge in [0.2, 0.25) is 0 Å². The number of rotatable bonds is 8. The third-order valence-corrected chi connectivity index (χ3v) is 3.50. The Morgan fingerprint density at radius 3 is 2.48 bits per heavy atom. The Morgan fingerprint density at radius 2 is 1.85 bits per heavy atom. The molecule has 0 aliphatic carbocycles. The zero-order valence-corrected chi connectivity index (χ0v) is 13.8. The number of ketones is 1. The molecule has 2 N–H and O–H groups in total. The van der Waals surface area contributed by atoms with Crippen molar-refractivity contribution in [1.29, 1.82) is 0 Å². The Balaban J connectivity index is 1.81. The predicted octanol–water partition coefficient (Wildman–Crippen LogP) is 3.74. The van der Waals surface area contributed by atoms with Crippen LogP contribution in [0.4, 0.5) is 23.2 Å². The number of hydrogen-bond acceptors (Lipinski definition) is 4. The number of carboxylic acids is 1. The molecule has 0 spiro atoms. The Bertz CT molecular complexity index is 836. The number of aromatic carboxylic acids is 1. The molecule has 0 saturated heterocycles. The molecule has 9 heteroatoms. The monoisotopic (exact) mass is 385 g/mol. The molecule has 0 fully saturated rings. The van der Waals surface area contributed by atoms with Gasteiger partial charge in [-0.15, -0.1) is 0 Å². The minimum atomic E-state index is -4.64. The molecule has 2 rings (SSSR count). The molecule has 5 nitrogen and oxygen atoms in total. The van der Waals surface area contributed by atoms with Gasteiger partial charge in [0.25, 0.3) is 0 Å². The number of halogens is 4. The van der Waals surface area contributed by atoms with Crippen LogP contribution in [0.25, 0.3) is 0 Å². The van der Waals surface area contributed by atoms with Crippen LogP contribution in [-0.2, 0) is 22.3 Å². The summed E-state index contributed by atoms with van der Waals surface area (Å²) >= 11 is 0. The summed E-state index contributed by atoms with van der Waals surface area (Å²) in [7, 11) is 0. The van der Waals surface area contributed by atoms with Crippen LogP contribution in [0.2, 0.25) is 0 Å². The van der Waals surface area contributed by atoms with Gasteiger partial charge in [0.05, 0.1) is 24.3 Å². The molecule has 27 heavy (non-hydrogen) atoms. The molecule has 0 aliphatic rings. The first-order valence-electron chi connectivity index (χ1n) is 7.69. The molecule has 144 valence electrons. The first-order valence-corrected chi connectivity index (χ1v) is 7.69. The fourth-order valence-electron chi connectivity index (χ4n) is 2.13. The molecule has 2 aromatic rings. The van der Waals surface area contributed by atoms with Crippen LogP contribution in [0, 0.1) is 5.82 Å². The van der Waals surface area contributed by atoms with Crippen LogP contribution in [0.3, 0.4) is 0 Å². The second-order valence-corrected chi connectivity index (χ2v) is 5.57. The van der Waals surface area contributed by atoms with Crippen molar-refractivity contribution in [2.45, 2.75) is 12.8 Å². The number of nitrogens with one attached hydrogen (secondary N) is 1. The van der Waals surface area contributed by atoms with Crippen molar-refractivity contribution in [3.63, 3.8) is 0 Å². The van der Waals surface area contributed by atoms with Crippen molar-refractivity contribution >= 4 is 17.4 Å². The summed E-state index contributed by atoms with van der Waals surface area (Å²) in [5.41, 5.74) is -0.718. The van der Waals surface area contributed by atoms with Crippen molar-refractivity contribution in [1.82, 2.24) is 0 Å². The molecule has 0 aromatic heterocycles. The first-order chi connectivity index (χ1) is 12.7. The lowest BCUT2D eigenvalue weighted by atomic mass is 10.1. The Hall–Kier alpha value is -2.94. The van der Waals surface area contributed by atoms with Crippen molar-refractivity contribution in [3.8, 4) is 0 Å². The van der Waals surface area contributed by atoms with Crippen LogP contribution in [0.5, 0.6) is 0 Å². The van der Waals surface area contributed by atoms with Gasteiger partial charge in [-0.2, -0.15) is 13.2 Å². The highest BCUT2D eigenvalue weighted by molar-refractivity contribution is 5.89. The number of anilines is 1. The van der Waals surface area contributed by atoms with E-state index in [1.165, 1.54) is 18.2 Å². The van der Waals surface area contributed by atoms with E-state index in [1.807, 2.05) is 0 Å². The molecular formula is C18H15F4NO4. The molecule has 0 radical (unpaired) electrons. The lowest BCUT2D eigenvalue weighted by molar-refractivity contribution is -0.137. The van der Waals surface area contributed by atoms with Gasteiger partial charge in [-0.25, -0.2) is 9.18 Å². The van der Waals surface area contributed by atoms with Gasteiger partial charge in [0, 0.05) is 11.3 Å². The highest BCUT2D eigenvalue weighted by Crippen LogP contribution is 2.30. The first kappa shape index (κ1) is 20.4. The van der Waals surface area contributed by atoms with Gasteiger partial charge in [0.15, 0.2) is 5.78 Å². The maximum atomic E-state index is 13.7. The lowest BCUT2D eigenvalue weighted by Crippen LogP contribution is -2.19. The van der Waals surface area contributed by atoms with E-state index in [0.29, 0.717) is 11.8 Å². The fourth-order valence-corrected chi connectivity index (χ4v) is 2.13. The van der Waals surface area contributed by atoms with Crippen LogP contribution >= 0.6 is 0 Å². The zero-order valence-electron chi connectivity index (χ0n) is 13.8. The normalized spacial score (nSPS) is 11.3. The van der Waals surface area contributed by atoms with E-state index in [2.05, 4.69) is 5.32 Å². The SMILES string of the molecule is O=C(CNc1cccc(C(=O)O)c1)COCc1ccc(C(F)(F)F)cc1F. The van der Waals surface area contributed by atoms with E-state index in [-0.39, 0.29) is 30.9 Å². The van der Waals surface area contributed by atoms with E-state index >= 15 is 0 Å². The van der Waals surface area contributed by atoms with Gasteiger partial charge in [-0.3, -0.25) is 4.79 Å². The molecule has 0 amide bonds. The minimum absolute atomic E-state index is 0.0569. The fraction of sp³-hybridized carbons (Fsp3) is 0.222. The molecular weight excluding hydrogens is 370 g/mol. The summed E-state index contributed by atoms with van der Waals surface area (Å²) in [6.45, 7) is -0.894. The van der Waals surface area contributed by atoms with E-state index in [4.69, 9.17) is 9.84 Å². The third kappa shape index (κ3) is 6.07. The average Bonchev–Trinajstić information content (AvgIpc) is 2.60. The molecule has 0 unspecified atom stereocenters. The molecule has 0 saturated carbocycles. The van der Waals surface area contributed by atoms with Crippen molar-refractivity contribution in [2.24, 2.45) is 0 Å². The van der Waals surface area contributed by atoms with E-state index in [9.17, 15) is 27.2 Å². The number of hydrogen-bond donors (Lipinski definition) is 2. The second kappa shape index (κ2) is 8.63. The summed E-state index contributed by atoms with van der Waals surface area (Å²) in [6.07, 6.45) is -4.64. The maximum absolute atomic E-state index is 13.7. The molecule has 0 aliphatic heterocycles. The smallest absolute Gasteiger partial charge is 0.416 e. The molecule has 2 aromatic carbocycles. The van der Waals surface area contributed by atoms with Crippen LogP contribution < -0.4 is 5.32 Å². The standard InChI is InChI=1S/C18H15F4NO4/c19-16-7-13(18(20,21)22)5-4-12(16)9-27-10-15(24)8-23-14-3-1-2-11(6-14)17(25)26/h1-7,23H,8-10H2,(H,25,26). The summed E-state index contributed by atoms with van der Waals surface area (Å²) in [6, 6.07) is 7.92. The Kier molecular flexibility index (Phi) is 6.51. The van der Waals surface area contributed by atoms with Gasteiger partial charge < -0.3 is 15.2 Å². The average molecular weight is 385 g/mol. The Labute approximate surface area is 151 Å². The summed E-state index contributed by atoms with van der Waals surface area (Å²) in [5.74, 6) is -2.57. The van der Waals surface area contributed by atoms with E-state index in [0.717, 1.165) is 12.1 Å².